The summed E-state index contributed by atoms with van der Waals surface area (Å²) in [4.78, 5) is 4.53. The number of aliphatic hydroxyl groups is 1. The first-order valence-electron chi connectivity index (χ1n) is 5.72. The Bertz CT molecular complexity index is 735. The first kappa shape index (κ1) is 12.5. The van der Waals surface area contributed by atoms with Gasteiger partial charge in [-0.2, -0.15) is 0 Å². The summed E-state index contributed by atoms with van der Waals surface area (Å²) in [5.41, 5.74) is 3.10. The van der Waals surface area contributed by atoms with Crippen LogP contribution in [0.15, 0.2) is 42.6 Å². The lowest BCUT2D eigenvalue weighted by molar-refractivity contribution is 0.276. The fraction of sp³-hybridized carbons (Fsp3) is 0.0714. The first-order chi connectivity index (χ1) is 9.19. The number of pyridine rings is 1. The van der Waals surface area contributed by atoms with Crippen molar-refractivity contribution in [3.8, 4) is 11.3 Å². The number of rotatable bonds is 2. The van der Waals surface area contributed by atoms with E-state index in [2.05, 4.69) is 4.98 Å². The van der Waals surface area contributed by atoms with E-state index < -0.39 is 0 Å². The van der Waals surface area contributed by atoms with E-state index in [4.69, 9.17) is 23.2 Å². The highest BCUT2D eigenvalue weighted by Gasteiger charge is 2.13. The van der Waals surface area contributed by atoms with Crippen LogP contribution in [0.25, 0.3) is 16.9 Å². The minimum Gasteiger partial charge on any atom is -0.390 e. The van der Waals surface area contributed by atoms with E-state index in [1.807, 2.05) is 18.2 Å². The van der Waals surface area contributed by atoms with Gasteiger partial charge in [0.1, 0.15) is 5.65 Å². The average Bonchev–Trinajstić information content (AvgIpc) is 2.77. The fourth-order valence-electron chi connectivity index (χ4n) is 2.06. The van der Waals surface area contributed by atoms with Gasteiger partial charge in [-0.3, -0.25) is 4.40 Å². The Morgan fingerprint density at radius 1 is 1.00 bits per heavy atom. The lowest BCUT2D eigenvalue weighted by atomic mass is 10.1. The van der Waals surface area contributed by atoms with Crippen molar-refractivity contribution < 1.29 is 5.11 Å². The Morgan fingerprint density at radius 3 is 2.37 bits per heavy atom. The Hall–Kier alpha value is -1.55. The van der Waals surface area contributed by atoms with Crippen molar-refractivity contribution in [1.29, 1.82) is 0 Å². The minimum atomic E-state index is -0.112. The summed E-state index contributed by atoms with van der Waals surface area (Å²) < 4.78 is 1.80. The summed E-state index contributed by atoms with van der Waals surface area (Å²) in [5, 5.41) is 10.8. The summed E-state index contributed by atoms with van der Waals surface area (Å²) in [6.45, 7) is -0.112. The molecule has 96 valence electrons. The third kappa shape index (κ3) is 2.21. The zero-order chi connectivity index (χ0) is 13.4. The van der Waals surface area contributed by atoms with E-state index in [1.165, 1.54) is 0 Å². The summed E-state index contributed by atoms with van der Waals surface area (Å²) in [6, 6.07) is 11.0. The number of aromatic nitrogens is 2. The Labute approximate surface area is 120 Å². The molecule has 0 bridgehead atoms. The maximum atomic E-state index is 9.58. The van der Waals surface area contributed by atoms with Gasteiger partial charge in [-0.05, 0) is 24.3 Å². The van der Waals surface area contributed by atoms with Crippen molar-refractivity contribution in [2.24, 2.45) is 0 Å². The highest BCUT2D eigenvalue weighted by atomic mass is 35.5. The molecule has 0 aliphatic rings. The molecule has 0 atom stereocenters. The smallest absolute Gasteiger partial charge is 0.137 e. The molecule has 0 saturated heterocycles. The first-order valence-corrected chi connectivity index (χ1v) is 6.48. The van der Waals surface area contributed by atoms with E-state index in [-0.39, 0.29) is 6.61 Å². The molecule has 0 fully saturated rings. The molecule has 3 rings (SSSR count). The maximum Gasteiger partial charge on any atom is 0.137 e. The van der Waals surface area contributed by atoms with Crippen molar-refractivity contribution in [2.45, 2.75) is 6.61 Å². The predicted molar refractivity (Wildman–Crippen MR) is 76.6 cm³/mol. The summed E-state index contributed by atoms with van der Waals surface area (Å²) in [7, 11) is 0. The van der Waals surface area contributed by atoms with Crippen LogP contribution in [0.4, 0.5) is 0 Å². The second kappa shape index (κ2) is 4.85. The Kier molecular flexibility index (Phi) is 3.19. The molecule has 0 spiro atoms. The molecule has 3 nitrogen and oxygen atoms in total. The van der Waals surface area contributed by atoms with Crippen molar-refractivity contribution in [3.63, 3.8) is 0 Å². The van der Waals surface area contributed by atoms with E-state index in [1.54, 1.807) is 28.8 Å². The third-order valence-electron chi connectivity index (χ3n) is 2.95. The van der Waals surface area contributed by atoms with Gasteiger partial charge in [0.25, 0.3) is 0 Å². The van der Waals surface area contributed by atoms with Gasteiger partial charge in [-0.15, -0.1) is 0 Å². The quantitative estimate of drug-likeness (QED) is 0.780. The Balaban J connectivity index is 2.25. The molecule has 0 amide bonds. The van der Waals surface area contributed by atoms with Gasteiger partial charge in [0, 0.05) is 16.8 Å². The van der Waals surface area contributed by atoms with Crippen LogP contribution in [0.1, 0.15) is 5.69 Å². The standard InChI is InChI=1S/C14H10Cl2N2O/c15-10-3-1-9(2-4-10)14-12(8-19)18-7-11(16)5-6-13(18)17-14/h1-7,19H,8H2. The predicted octanol–water partition coefficient (Wildman–Crippen LogP) is 3.80. The van der Waals surface area contributed by atoms with Crippen LogP contribution in [0.3, 0.4) is 0 Å². The average molecular weight is 293 g/mol. The van der Waals surface area contributed by atoms with E-state index in [0.29, 0.717) is 15.7 Å². The zero-order valence-corrected chi connectivity index (χ0v) is 11.4. The third-order valence-corrected chi connectivity index (χ3v) is 3.42. The highest BCUT2D eigenvalue weighted by molar-refractivity contribution is 6.30. The van der Waals surface area contributed by atoms with E-state index >= 15 is 0 Å². The van der Waals surface area contributed by atoms with Gasteiger partial charge < -0.3 is 5.11 Å². The molecule has 2 heterocycles. The number of hydrogen-bond donors (Lipinski definition) is 1. The van der Waals surface area contributed by atoms with Gasteiger partial charge in [0.05, 0.1) is 23.0 Å². The molecule has 1 N–H and O–H groups in total. The second-order valence-corrected chi connectivity index (χ2v) is 5.02. The van der Waals surface area contributed by atoms with Crippen LogP contribution < -0.4 is 0 Å². The molecule has 19 heavy (non-hydrogen) atoms. The minimum absolute atomic E-state index is 0.112. The number of halogens is 2. The van der Waals surface area contributed by atoms with Gasteiger partial charge in [-0.1, -0.05) is 35.3 Å². The number of nitrogens with zero attached hydrogens (tertiary/aromatic N) is 2. The van der Waals surface area contributed by atoms with E-state index in [9.17, 15) is 5.11 Å². The molecular weight excluding hydrogens is 283 g/mol. The van der Waals surface area contributed by atoms with Crippen LogP contribution in [-0.2, 0) is 6.61 Å². The highest BCUT2D eigenvalue weighted by Crippen LogP contribution is 2.26. The monoisotopic (exact) mass is 292 g/mol. The molecule has 0 saturated carbocycles. The van der Waals surface area contributed by atoms with Crippen molar-refractivity contribution in [3.05, 3.63) is 58.3 Å². The number of imidazole rings is 1. The number of fused-ring (bicyclic) bond motifs is 1. The summed E-state index contributed by atoms with van der Waals surface area (Å²) >= 11 is 11.9. The molecule has 0 radical (unpaired) electrons. The molecule has 0 aliphatic carbocycles. The van der Waals surface area contributed by atoms with Gasteiger partial charge in [0.2, 0.25) is 0 Å². The van der Waals surface area contributed by atoms with Gasteiger partial charge in [0.15, 0.2) is 0 Å². The molecule has 0 aliphatic heterocycles. The summed E-state index contributed by atoms with van der Waals surface area (Å²) in [6.07, 6.45) is 1.74. The summed E-state index contributed by atoms with van der Waals surface area (Å²) in [5.74, 6) is 0. The molecule has 5 heteroatoms. The second-order valence-electron chi connectivity index (χ2n) is 4.15. The largest absolute Gasteiger partial charge is 0.390 e. The van der Waals surface area contributed by atoms with Crippen molar-refractivity contribution >= 4 is 28.8 Å². The van der Waals surface area contributed by atoms with Crippen molar-refractivity contribution in [2.75, 3.05) is 0 Å². The van der Waals surface area contributed by atoms with Crippen molar-refractivity contribution in [1.82, 2.24) is 9.38 Å². The number of benzene rings is 1. The molecule has 0 unspecified atom stereocenters. The van der Waals surface area contributed by atoms with Gasteiger partial charge in [-0.25, -0.2) is 4.98 Å². The number of hydrogen-bond acceptors (Lipinski definition) is 2. The molecule has 1 aromatic carbocycles. The normalized spacial score (nSPS) is 11.1. The zero-order valence-electron chi connectivity index (χ0n) is 9.85. The molecule has 2 aromatic heterocycles. The molecular formula is C14H10Cl2N2O. The maximum absolute atomic E-state index is 9.58. The lowest BCUT2D eigenvalue weighted by Gasteiger charge is -2.02. The fourth-order valence-corrected chi connectivity index (χ4v) is 2.34. The van der Waals surface area contributed by atoms with Crippen LogP contribution >= 0.6 is 23.2 Å². The van der Waals surface area contributed by atoms with Crippen LogP contribution in [0.2, 0.25) is 10.0 Å². The SMILES string of the molecule is OCc1c(-c2ccc(Cl)cc2)nc2ccc(Cl)cn12. The Morgan fingerprint density at radius 2 is 1.68 bits per heavy atom. The van der Waals surface area contributed by atoms with Crippen LogP contribution in [0.5, 0.6) is 0 Å². The lowest BCUT2D eigenvalue weighted by Crippen LogP contribution is -1.93. The van der Waals surface area contributed by atoms with Crippen LogP contribution in [-0.4, -0.2) is 14.5 Å². The topological polar surface area (TPSA) is 37.5 Å². The number of aliphatic hydroxyl groups excluding tert-OH is 1. The van der Waals surface area contributed by atoms with E-state index in [0.717, 1.165) is 16.9 Å². The van der Waals surface area contributed by atoms with Gasteiger partial charge >= 0.3 is 0 Å². The van der Waals surface area contributed by atoms with Crippen LogP contribution in [0, 0.1) is 0 Å². The molecule has 3 aromatic rings.